The van der Waals surface area contributed by atoms with Gasteiger partial charge in [-0.25, -0.2) is 4.98 Å². The molecule has 0 radical (unpaired) electrons. The Balaban J connectivity index is 1.06. The SMILES string of the molecule is CC1C(CN2CCC(O)(c3ccc(Cl)cc3)CC2)OC(c2ccc(NC(=O)c3cnc4ccccc4n3)cc2)OC1c1ccc(CO)cc1. The molecule has 0 spiro atoms. The van der Waals surface area contributed by atoms with E-state index >= 15 is 0 Å². The first-order chi connectivity index (χ1) is 23.8. The normalized spacial score (nSPS) is 22.5. The zero-order chi connectivity index (χ0) is 34.0. The van der Waals surface area contributed by atoms with E-state index in [4.69, 9.17) is 21.1 Å². The van der Waals surface area contributed by atoms with Crippen molar-refractivity contribution < 1.29 is 24.5 Å². The molecule has 1 amide bonds. The Kier molecular flexibility index (Phi) is 9.73. The highest BCUT2D eigenvalue weighted by molar-refractivity contribution is 6.30. The molecule has 4 atom stereocenters. The summed E-state index contributed by atoms with van der Waals surface area (Å²) >= 11 is 6.09. The number of aliphatic hydroxyl groups excluding tert-OH is 1. The lowest BCUT2D eigenvalue weighted by Gasteiger charge is -2.45. The summed E-state index contributed by atoms with van der Waals surface area (Å²) in [5, 5.41) is 24.6. The number of rotatable bonds is 8. The number of ether oxygens (including phenoxy) is 2. The lowest BCUT2D eigenvalue weighted by atomic mass is 9.84. The standard InChI is InChI=1S/C39H39ClN4O5/c1-25-35(23-44-20-18-39(47,19-21-44)29-12-14-30(40)15-13-29)48-38(49-36(25)27-8-6-26(24-45)7-9-27)28-10-16-31(17-11-28)42-37(46)34-22-41-32-4-2-3-5-33(32)43-34/h2-17,22,25,35-36,38,45,47H,18-21,23-24H2,1H3,(H,42,46). The monoisotopic (exact) mass is 678 g/mol. The number of hydrogen-bond acceptors (Lipinski definition) is 8. The number of benzene rings is 4. The van der Waals surface area contributed by atoms with Gasteiger partial charge in [-0.1, -0.05) is 79.2 Å². The molecule has 4 unspecified atom stereocenters. The van der Waals surface area contributed by atoms with Crippen LogP contribution in [-0.4, -0.2) is 56.7 Å². The van der Waals surface area contributed by atoms with Gasteiger partial charge in [0.05, 0.1) is 41.6 Å². The number of likely N-dealkylation sites (tertiary alicyclic amines) is 1. The molecule has 3 N–H and O–H groups in total. The summed E-state index contributed by atoms with van der Waals surface area (Å²) in [5.41, 5.74) is 4.91. The zero-order valence-corrected chi connectivity index (χ0v) is 28.0. The van der Waals surface area contributed by atoms with Gasteiger partial charge in [-0.05, 0) is 65.9 Å². The highest BCUT2D eigenvalue weighted by Gasteiger charge is 2.41. The average molecular weight is 679 g/mol. The zero-order valence-electron chi connectivity index (χ0n) is 27.2. The molecule has 2 saturated heterocycles. The van der Waals surface area contributed by atoms with Crippen molar-refractivity contribution in [1.82, 2.24) is 14.9 Å². The van der Waals surface area contributed by atoms with Crippen LogP contribution in [0.15, 0.2) is 103 Å². The summed E-state index contributed by atoms with van der Waals surface area (Å²) in [6, 6.07) is 30.2. The molecule has 10 heteroatoms. The van der Waals surface area contributed by atoms with Crippen LogP contribution < -0.4 is 5.32 Å². The van der Waals surface area contributed by atoms with Crippen LogP contribution in [0.3, 0.4) is 0 Å². The summed E-state index contributed by atoms with van der Waals surface area (Å²) in [6.45, 7) is 4.26. The van der Waals surface area contributed by atoms with Crippen molar-refractivity contribution in [3.8, 4) is 0 Å². The number of anilines is 1. The highest BCUT2D eigenvalue weighted by atomic mass is 35.5. The van der Waals surface area contributed by atoms with Gasteiger partial charge in [0, 0.05) is 41.8 Å². The van der Waals surface area contributed by atoms with Crippen LogP contribution in [0.5, 0.6) is 0 Å². The third kappa shape index (κ3) is 7.38. The topological polar surface area (TPSA) is 117 Å². The van der Waals surface area contributed by atoms with Gasteiger partial charge in [0.25, 0.3) is 5.91 Å². The maximum absolute atomic E-state index is 13.0. The number of para-hydroxylation sites is 2. The van der Waals surface area contributed by atoms with E-state index in [0.29, 0.717) is 35.6 Å². The minimum Gasteiger partial charge on any atom is -0.392 e. The lowest BCUT2D eigenvalue weighted by molar-refractivity contribution is -0.277. The number of hydrogen-bond donors (Lipinski definition) is 3. The van der Waals surface area contributed by atoms with E-state index in [1.54, 1.807) is 0 Å². The minimum atomic E-state index is -0.888. The Bertz CT molecular complexity index is 1900. The van der Waals surface area contributed by atoms with E-state index in [2.05, 4.69) is 27.1 Å². The summed E-state index contributed by atoms with van der Waals surface area (Å²) in [6.07, 6.45) is 1.65. The molecule has 49 heavy (non-hydrogen) atoms. The molecule has 2 fully saturated rings. The van der Waals surface area contributed by atoms with Crippen LogP contribution in [0.2, 0.25) is 5.02 Å². The second kappa shape index (κ2) is 14.3. The van der Waals surface area contributed by atoms with E-state index in [9.17, 15) is 15.0 Å². The molecular formula is C39H39ClN4O5. The maximum Gasteiger partial charge on any atom is 0.275 e. The molecule has 9 nitrogen and oxygen atoms in total. The van der Waals surface area contributed by atoms with Crippen LogP contribution in [0.25, 0.3) is 11.0 Å². The number of carbonyl (C=O) groups excluding carboxylic acids is 1. The third-order valence-corrected chi connectivity index (χ3v) is 10.0. The molecule has 7 rings (SSSR count). The van der Waals surface area contributed by atoms with E-state index < -0.39 is 11.9 Å². The van der Waals surface area contributed by atoms with Crippen molar-refractivity contribution in [2.45, 2.75) is 50.5 Å². The minimum absolute atomic E-state index is 0.0231. The number of nitrogens with zero attached hydrogens (tertiary/aromatic N) is 3. The fourth-order valence-corrected chi connectivity index (χ4v) is 6.85. The molecule has 3 heterocycles. The fourth-order valence-electron chi connectivity index (χ4n) is 6.72. The van der Waals surface area contributed by atoms with Gasteiger partial charge in [-0.3, -0.25) is 9.78 Å². The molecule has 0 aliphatic carbocycles. The molecule has 4 aromatic carbocycles. The number of piperidine rings is 1. The predicted octanol–water partition coefficient (Wildman–Crippen LogP) is 6.80. The Morgan fingerprint density at radius 1 is 0.918 bits per heavy atom. The van der Waals surface area contributed by atoms with Crippen molar-refractivity contribution in [3.05, 3.63) is 136 Å². The summed E-state index contributed by atoms with van der Waals surface area (Å²) in [7, 11) is 0. The highest BCUT2D eigenvalue weighted by Crippen LogP contribution is 2.43. The number of halogens is 1. The summed E-state index contributed by atoms with van der Waals surface area (Å²) < 4.78 is 13.3. The number of nitrogens with one attached hydrogen (secondary N) is 1. The first-order valence-electron chi connectivity index (χ1n) is 16.6. The van der Waals surface area contributed by atoms with Crippen molar-refractivity contribution in [2.75, 3.05) is 25.0 Å². The molecule has 2 aliphatic rings. The maximum atomic E-state index is 13.0. The van der Waals surface area contributed by atoms with Gasteiger partial charge in [-0.2, -0.15) is 0 Å². The van der Waals surface area contributed by atoms with Crippen LogP contribution in [0.4, 0.5) is 5.69 Å². The van der Waals surface area contributed by atoms with Crippen LogP contribution in [-0.2, 0) is 21.7 Å². The van der Waals surface area contributed by atoms with Crippen LogP contribution >= 0.6 is 11.6 Å². The second-order valence-corrected chi connectivity index (χ2v) is 13.4. The lowest BCUT2D eigenvalue weighted by Crippen LogP contribution is -2.49. The van der Waals surface area contributed by atoms with Crippen molar-refractivity contribution in [1.29, 1.82) is 0 Å². The largest absolute Gasteiger partial charge is 0.392 e. The van der Waals surface area contributed by atoms with E-state index in [1.165, 1.54) is 6.20 Å². The van der Waals surface area contributed by atoms with Crippen molar-refractivity contribution in [3.63, 3.8) is 0 Å². The second-order valence-electron chi connectivity index (χ2n) is 13.0. The Morgan fingerprint density at radius 2 is 1.59 bits per heavy atom. The van der Waals surface area contributed by atoms with Crippen LogP contribution in [0.1, 0.15) is 64.9 Å². The number of amides is 1. The number of aromatic nitrogens is 2. The van der Waals surface area contributed by atoms with E-state index in [1.807, 2.05) is 97.1 Å². The van der Waals surface area contributed by atoms with E-state index in [-0.39, 0.29) is 36.3 Å². The first kappa shape index (κ1) is 33.3. The number of aliphatic hydroxyl groups is 2. The summed E-state index contributed by atoms with van der Waals surface area (Å²) in [5.74, 6) is -0.323. The first-order valence-corrected chi connectivity index (χ1v) is 17.0. The smallest absolute Gasteiger partial charge is 0.275 e. The Labute approximate surface area is 290 Å². The van der Waals surface area contributed by atoms with Gasteiger partial charge in [0.2, 0.25) is 0 Å². The van der Waals surface area contributed by atoms with Crippen molar-refractivity contribution in [2.24, 2.45) is 5.92 Å². The molecule has 1 aromatic heterocycles. The molecule has 0 bridgehead atoms. The summed E-state index contributed by atoms with van der Waals surface area (Å²) in [4.78, 5) is 24.1. The predicted molar refractivity (Wildman–Crippen MR) is 188 cm³/mol. The quantitative estimate of drug-likeness (QED) is 0.164. The van der Waals surface area contributed by atoms with Crippen molar-refractivity contribution >= 4 is 34.2 Å². The van der Waals surface area contributed by atoms with Gasteiger partial charge >= 0.3 is 0 Å². The van der Waals surface area contributed by atoms with E-state index in [0.717, 1.165) is 40.9 Å². The van der Waals surface area contributed by atoms with Gasteiger partial charge < -0.3 is 29.9 Å². The molecule has 2 aliphatic heterocycles. The fraction of sp³-hybridized carbons (Fsp3) is 0.308. The third-order valence-electron chi connectivity index (χ3n) is 9.75. The molecule has 5 aromatic rings. The number of fused-ring (bicyclic) bond motifs is 1. The Hall–Kier alpha value is -4.22. The van der Waals surface area contributed by atoms with Crippen LogP contribution in [0, 0.1) is 5.92 Å². The molecular weight excluding hydrogens is 640 g/mol. The average Bonchev–Trinajstić information content (AvgIpc) is 3.14. The number of carbonyl (C=O) groups is 1. The molecule has 0 saturated carbocycles. The van der Waals surface area contributed by atoms with Gasteiger partial charge in [0.1, 0.15) is 5.69 Å². The van der Waals surface area contributed by atoms with Gasteiger partial charge in [0.15, 0.2) is 6.29 Å². The van der Waals surface area contributed by atoms with Gasteiger partial charge in [-0.15, -0.1) is 0 Å². The Morgan fingerprint density at radius 3 is 2.29 bits per heavy atom. The molecule has 252 valence electrons.